The van der Waals surface area contributed by atoms with Crippen molar-refractivity contribution in [2.75, 3.05) is 0 Å². The van der Waals surface area contributed by atoms with Crippen molar-refractivity contribution in [3.8, 4) is 0 Å². The van der Waals surface area contributed by atoms with Gasteiger partial charge in [-0.15, -0.1) is 5.34 Å². The molecule has 3 nitrogen and oxygen atoms in total. The van der Waals surface area contributed by atoms with Gasteiger partial charge in [0.25, 0.3) is 0 Å². The molecule has 0 radical (unpaired) electrons. The first-order chi connectivity index (χ1) is 2.41. The predicted octanol–water partition coefficient (Wildman–Crippen LogP) is 0.938. The molecule has 0 fully saturated rings. The molecule has 0 aromatic heterocycles. The SMILES string of the molecule is O=N[O-].[Cl][Pt]. The molecule has 0 aliphatic rings. The summed E-state index contributed by atoms with van der Waals surface area (Å²) in [6.45, 7) is 0. The number of rotatable bonds is 0. The molecular formula is ClNO2Pt-. The second kappa shape index (κ2) is 26.3. The van der Waals surface area contributed by atoms with Crippen molar-refractivity contribution < 1.29 is 18.8 Å². The third-order valence-electron chi connectivity index (χ3n) is 0. The summed E-state index contributed by atoms with van der Waals surface area (Å²) in [5, 5.41) is 9.00. The molecule has 0 unspecified atom stereocenters. The fourth-order valence-electron chi connectivity index (χ4n) is 0. The molecule has 0 saturated carbocycles. The van der Waals surface area contributed by atoms with E-state index < -0.39 is 0 Å². The molecule has 0 atom stereocenters. The number of nitrogens with zero attached hydrogens (tertiary/aromatic N) is 1. The fourth-order valence-corrected chi connectivity index (χ4v) is 0. The Balaban J connectivity index is 0. The van der Waals surface area contributed by atoms with Crippen molar-refractivity contribution in [2.24, 2.45) is 5.34 Å². The molecule has 0 N–H and O–H groups in total. The summed E-state index contributed by atoms with van der Waals surface area (Å²) in [5.41, 5.74) is 0. The fraction of sp³-hybridized carbons (Fsp3) is 0. The zero-order valence-corrected chi connectivity index (χ0v) is 4.99. The maximum absolute atomic E-state index is 8.00. The Hall–Kier alpha value is 0.378. The van der Waals surface area contributed by atoms with Crippen LogP contribution in [0, 0.1) is 10.1 Å². The van der Waals surface area contributed by atoms with E-state index in [9.17, 15) is 0 Å². The van der Waals surface area contributed by atoms with Crippen molar-refractivity contribution in [2.45, 2.75) is 0 Å². The van der Waals surface area contributed by atoms with Gasteiger partial charge in [-0.1, -0.05) is 0 Å². The van der Waals surface area contributed by atoms with Gasteiger partial charge < -0.3 is 10.1 Å². The Morgan fingerprint density at radius 3 is 1.80 bits per heavy atom. The summed E-state index contributed by atoms with van der Waals surface area (Å²) in [7, 11) is 4.61. The Kier molecular flexibility index (Phi) is 47.5. The summed E-state index contributed by atoms with van der Waals surface area (Å²) in [5.74, 6) is 0. The van der Waals surface area contributed by atoms with E-state index in [0.717, 1.165) is 5.34 Å². The first-order valence-corrected chi connectivity index (χ1v) is 3.30. The maximum atomic E-state index is 8.00. The molecule has 35 valence electrons. The summed E-state index contributed by atoms with van der Waals surface area (Å²) in [4.78, 5) is 8.00. The van der Waals surface area contributed by atoms with Crippen LogP contribution in [0.15, 0.2) is 5.34 Å². The zero-order chi connectivity index (χ0) is 4.71. The summed E-state index contributed by atoms with van der Waals surface area (Å²) >= 11 is 1.61. The topological polar surface area (TPSA) is 52.5 Å². The van der Waals surface area contributed by atoms with Crippen molar-refractivity contribution in [1.29, 1.82) is 0 Å². The van der Waals surface area contributed by atoms with Gasteiger partial charge in [-0.25, -0.2) is 0 Å². The van der Waals surface area contributed by atoms with Crippen LogP contribution in [0.5, 0.6) is 0 Å². The van der Waals surface area contributed by atoms with Crippen LogP contribution in [-0.2, 0) is 18.8 Å². The van der Waals surface area contributed by atoms with Gasteiger partial charge in [0.15, 0.2) is 0 Å². The molecule has 0 bridgehead atoms. The van der Waals surface area contributed by atoms with Crippen molar-refractivity contribution in [1.82, 2.24) is 0 Å². The van der Waals surface area contributed by atoms with E-state index in [1.807, 2.05) is 0 Å². The van der Waals surface area contributed by atoms with Gasteiger partial charge in [-0.3, -0.25) is 0 Å². The van der Waals surface area contributed by atoms with E-state index in [4.69, 9.17) is 10.1 Å². The van der Waals surface area contributed by atoms with E-state index in [1.165, 1.54) is 0 Å². The van der Waals surface area contributed by atoms with Crippen LogP contribution in [0.4, 0.5) is 0 Å². The molecule has 0 amide bonds. The number of halogens is 1. The van der Waals surface area contributed by atoms with E-state index in [0.29, 0.717) is 0 Å². The Labute approximate surface area is 44.1 Å². The van der Waals surface area contributed by atoms with Crippen LogP contribution in [0.2, 0.25) is 0 Å². The second-order valence-electron chi connectivity index (χ2n) is 0.0745. The third-order valence-corrected chi connectivity index (χ3v) is 0. The van der Waals surface area contributed by atoms with Gasteiger partial charge in [0.1, 0.15) is 0 Å². The number of hydrogen-bond acceptors (Lipinski definition) is 3. The Morgan fingerprint density at radius 1 is 1.80 bits per heavy atom. The van der Waals surface area contributed by atoms with Gasteiger partial charge in [0.2, 0.25) is 0 Å². The van der Waals surface area contributed by atoms with E-state index >= 15 is 0 Å². The minimum absolute atomic E-state index is 1.00. The summed E-state index contributed by atoms with van der Waals surface area (Å²) < 4.78 is 0. The van der Waals surface area contributed by atoms with Gasteiger partial charge >= 0.3 is 28.2 Å². The third kappa shape index (κ3) is 173. The molecule has 0 aliphatic carbocycles. The van der Waals surface area contributed by atoms with E-state index in [1.54, 1.807) is 18.8 Å². The molecular weight excluding hydrogens is 277 g/mol. The molecule has 0 rings (SSSR count). The van der Waals surface area contributed by atoms with Gasteiger partial charge in [0.05, 0.1) is 0 Å². The van der Waals surface area contributed by atoms with E-state index in [2.05, 4.69) is 9.42 Å². The summed E-state index contributed by atoms with van der Waals surface area (Å²) in [6, 6.07) is 0. The average Bonchev–Trinajstić information content (AvgIpc) is 1.46. The van der Waals surface area contributed by atoms with Crippen LogP contribution in [0.1, 0.15) is 0 Å². The van der Waals surface area contributed by atoms with Crippen molar-refractivity contribution in [3.05, 3.63) is 10.1 Å². The molecule has 0 aromatic carbocycles. The van der Waals surface area contributed by atoms with Gasteiger partial charge in [-0.2, -0.15) is 0 Å². The van der Waals surface area contributed by atoms with Crippen LogP contribution in [0.25, 0.3) is 0 Å². The monoisotopic (exact) mass is 276 g/mol. The van der Waals surface area contributed by atoms with Crippen molar-refractivity contribution >= 4 is 9.42 Å². The van der Waals surface area contributed by atoms with Gasteiger partial charge in [-0.05, 0) is 0 Å². The number of hydrogen-bond donors (Lipinski definition) is 0. The molecule has 5 heteroatoms. The second-order valence-corrected chi connectivity index (χ2v) is 0.0745. The van der Waals surface area contributed by atoms with Gasteiger partial charge in [0, 0.05) is 0 Å². The van der Waals surface area contributed by atoms with E-state index in [-0.39, 0.29) is 0 Å². The molecule has 0 saturated heterocycles. The normalized spacial score (nSPS) is 3.80. The first kappa shape index (κ1) is 9.03. The first-order valence-electron chi connectivity index (χ1n) is 0.485. The van der Waals surface area contributed by atoms with Crippen LogP contribution in [0.3, 0.4) is 0 Å². The molecule has 5 heavy (non-hydrogen) atoms. The van der Waals surface area contributed by atoms with Crippen molar-refractivity contribution in [3.63, 3.8) is 0 Å². The quantitative estimate of drug-likeness (QED) is 0.488. The Morgan fingerprint density at radius 2 is 1.80 bits per heavy atom. The molecule has 0 spiro atoms. The van der Waals surface area contributed by atoms with Crippen LogP contribution >= 0.6 is 9.42 Å². The Bertz CT molecular complexity index is 17.1. The minimum atomic E-state index is 1.00. The predicted molar refractivity (Wildman–Crippen MR) is 15.0 cm³/mol. The summed E-state index contributed by atoms with van der Waals surface area (Å²) in [6.07, 6.45) is 0. The zero-order valence-electron chi connectivity index (χ0n) is 1.96. The molecule has 0 aromatic rings. The standard InChI is InChI=1S/ClH.HNO2.Pt/c;2-1-3;/h1H;(H,2,3);/q;;+1/p-2. The van der Waals surface area contributed by atoms with Crippen LogP contribution < -0.4 is 0 Å². The molecule has 0 heterocycles. The van der Waals surface area contributed by atoms with Crippen LogP contribution in [-0.4, -0.2) is 0 Å². The average molecular weight is 277 g/mol. The molecule has 0 aliphatic heterocycles.